The van der Waals surface area contributed by atoms with Gasteiger partial charge in [0.1, 0.15) is 18.0 Å². The van der Waals surface area contributed by atoms with E-state index in [1.54, 1.807) is 13.4 Å². The average molecular weight is 366 g/mol. The van der Waals surface area contributed by atoms with Gasteiger partial charge in [-0.3, -0.25) is 4.99 Å². The van der Waals surface area contributed by atoms with Crippen molar-refractivity contribution in [2.24, 2.45) is 4.99 Å². The lowest BCUT2D eigenvalue weighted by atomic mass is 10.2. The van der Waals surface area contributed by atoms with Gasteiger partial charge in [-0.25, -0.2) is 4.98 Å². The van der Waals surface area contributed by atoms with Crippen molar-refractivity contribution >= 4 is 5.96 Å². The van der Waals surface area contributed by atoms with E-state index in [2.05, 4.69) is 66.6 Å². The summed E-state index contributed by atoms with van der Waals surface area (Å²) in [5.74, 6) is 2.70. The molecule has 1 aromatic carbocycles. The van der Waals surface area contributed by atoms with Crippen LogP contribution in [0.4, 0.5) is 0 Å². The van der Waals surface area contributed by atoms with Crippen LogP contribution in [0.5, 0.6) is 0 Å². The summed E-state index contributed by atoms with van der Waals surface area (Å²) in [6.45, 7) is 5.01. The van der Waals surface area contributed by atoms with Gasteiger partial charge in [0.05, 0.1) is 6.54 Å². The molecule has 3 aromatic rings. The second-order valence-corrected chi connectivity index (χ2v) is 6.10. The van der Waals surface area contributed by atoms with E-state index in [1.807, 2.05) is 23.0 Å². The number of hydrogen-bond donors (Lipinski definition) is 2. The first-order valence-corrected chi connectivity index (χ1v) is 9.15. The molecule has 0 atom stereocenters. The third-order valence-corrected chi connectivity index (χ3v) is 4.29. The molecule has 0 aliphatic carbocycles. The van der Waals surface area contributed by atoms with Crippen molar-refractivity contribution in [2.75, 3.05) is 13.6 Å². The molecule has 0 saturated heterocycles. The molecule has 8 nitrogen and oxygen atoms in total. The molecule has 27 heavy (non-hydrogen) atoms. The molecular weight excluding hydrogens is 340 g/mol. The molecule has 0 spiro atoms. The molecule has 0 saturated carbocycles. The van der Waals surface area contributed by atoms with Gasteiger partial charge in [-0.15, -0.1) is 10.2 Å². The number of aryl methyl sites for hydroxylation is 1. The Morgan fingerprint density at radius 3 is 2.74 bits per heavy atom. The Labute approximate surface area is 159 Å². The molecule has 3 rings (SSSR count). The normalized spacial score (nSPS) is 11.6. The predicted molar refractivity (Wildman–Crippen MR) is 105 cm³/mol. The minimum atomic E-state index is 0.604. The molecule has 142 valence electrons. The highest BCUT2D eigenvalue weighted by molar-refractivity contribution is 5.79. The Bertz CT molecular complexity index is 849. The van der Waals surface area contributed by atoms with Gasteiger partial charge in [-0.2, -0.15) is 0 Å². The fourth-order valence-corrected chi connectivity index (χ4v) is 2.85. The van der Waals surface area contributed by atoms with Gasteiger partial charge in [0, 0.05) is 45.5 Å². The van der Waals surface area contributed by atoms with E-state index in [1.165, 1.54) is 5.56 Å². The number of aliphatic imine (C=N–C) groups is 1. The lowest BCUT2D eigenvalue weighted by molar-refractivity contribution is 0.627. The highest BCUT2D eigenvalue weighted by Gasteiger charge is 2.06. The standard InChI is InChI=1S/C19H26N8/c1-3-17-25-24-15-27(17)12-10-22-19(20-2)23-13-18-21-9-11-26(18)14-16-7-5-4-6-8-16/h4-9,11,15H,3,10,12-14H2,1-2H3,(H2,20,22,23). The number of nitrogens with zero attached hydrogens (tertiary/aromatic N) is 6. The Balaban J connectivity index is 1.49. The fraction of sp³-hybridized carbons (Fsp3) is 0.368. The van der Waals surface area contributed by atoms with Crippen LogP contribution in [0.15, 0.2) is 54.0 Å². The SMILES string of the molecule is CCc1nncn1CCNC(=NC)NCc1nccn1Cc1ccccc1. The zero-order valence-corrected chi connectivity index (χ0v) is 15.8. The first kappa shape index (κ1) is 18.6. The second-order valence-electron chi connectivity index (χ2n) is 6.10. The van der Waals surface area contributed by atoms with Crippen LogP contribution in [0.1, 0.15) is 24.1 Å². The zero-order valence-electron chi connectivity index (χ0n) is 15.8. The van der Waals surface area contributed by atoms with Gasteiger partial charge >= 0.3 is 0 Å². The molecule has 0 fully saturated rings. The van der Waals surface area contributed by atoms with E-state index >= 15 is 0 Å². The van der Waals surface area contributed by atoms with Crippen LogP contribution in [-0.2, 0) is 26.1 Å². The third-order valence-electron chi connectivity index (χ3n) is 4.29. The zero-order chi connectivity index (χ0) is 18.9. The third kappa shape index (κ3) is 5.16. The fourth-order valence-electron chi connectivity index (χ4n) is 2.85. The number of imidazole rings is 1. The lowest BCUT2D eigenvalue weighted by Gasteiger charge is -2.13. The maximum Gasteiger partial charge on any atom is 0.191 e. The quantitative estimate of drug-likeness (QED) is 0.466. The van der Waals surface area contributed by atoms with Crippen molar-refractivity contribution in [3.05, 3.63) is 66.3 Å². The smallest absolute Gasteiger partial charge is 0.191 e. The van der Waals surface area contributed by atoms with Gasteiger partial charge in [0.2, 0.25) is 0 Å². The van der Waals surface area contributed by atoms with E-state index in [0.29, 0.717) is 6.54 Å². The summed E-state index contributed by atoms with van der Waals surface area (Å²) in [7, 11) is 1.77. The van der Waals surface area contributed by atoms with E-state index < -0.39 is 0 Å². The number of rotatable bonds is 8. The maximum atomic E-state index is 4.46. The Kier molecular flexibility index (Phi) is 6.56. The minimum absolute atomic E-state index is 0.604. The van der Waals surface area contributed by atoms with Crippen molar-refractivity contribution < 1.29 is 0 Å². The largest absolute Gasteiger partial charge is 0.355 e. The van der Waals surface area contributed by atoms with Crippen LogP contribution in [0.25, 0.3) is 0 Å². The summed E-state index contributed by atoms with van der Waals surface area (Å²) >= 11 is 0. The van der Waals surface area contributed by atoms with Crippen molar-refractivity contribution in [1.29, 1.82) is 0 Å². The molecule has 2 heterocycles. The number of guanidine groups is 1. The summed E-state index contributed by atoms with van der Waals surface area (Å²) < 4.78 is 4.19. The highest BCUT2D eigenvalue weighted by atomic mass is 15.3. The Hall–Kier alpha value is -3.16. The lowest BCUT2D eigenvalue weighted by Crippen LogP contribution is -2.39. The van der Waals surface area contributed by atoms with E-state index in [-0.39, 0.29) is 0 Å². The van der Waals surface area contributed by atoms with Crippen molar-refractivity contribution in [1.82, 2.24) is 34.9 Å². The van der Waals surface area contributed by atoms with Gasteiger partial charge in [0.15, 0.2) is 5.96 Å². The van der Waals surface area contributed by atoms with Crippen molar-refractivity contribution in [3.63, 3.8) is 0 Å². The van der Waals surface area contributed by atoms with Crippen LogP contribution < -0.4 is 10.6 Å². The predicted octanol–water partition coefficient (Wildman–Crippen LogP) is 1.45. The molecular formula is C19H26N8. The van der Waals surface area contributed by atoms with E-state index in [9.17, 15) is 0 Å². The van der Waals surface area contributed by atoms with Gasteiger partial charge in [-0.05, 0) is 5.56 Å². The summed E-state index contributed by atoms with van der Waals surface area (Å²) in [5, 5.41) is 14.7. The molecule has 0 unspecified atom stereocenters. The first-order valence-electron chi connectivity index (χ1n) is 9.15. The van der Waals surface area contributed by atoms with Crippen LogP contribution in [0.3, 0.4) is 0 Å². The topological polar surface area (TPSA) is 84.9 Å². The van der Waals surface area contributed by atoms with Gasteiger partial charge < -0.3 is 19.8 Å². The Morgan fingerprint density at radius 2 is 1.96 bits per heavy atom. The summed E-state index contributed by atoms with van der Waals surface area (Å²) in [5.41, 5.74) is 1.25. The molecule has 8 heteroatoms. The van der Waals surface area contributed by atoms with E-state index in [0.717, 1.165) is 43.7 Å². The number of benzene rings is 1. The number of nitrogens with one attached hydrogen (secondary N) is 2. The molecule has 2 N–H and O–H groups in total. The number of aromatic nitrogens is 5. The molecule has 2 aromatic heterocycles. The number of hydrogen-bond acceptors (Lipinski definition) is 4. The second kappa shape index (κ2) is 9.51. The monoisotopic (exact) mass is 366 g/mol. The average Bonchev–Trinajstić information content (AvgIpc) is 3.34. The van der Waals surface area contributed by atoms with Crippen molar-refractivity contribution in [2.45, 2.75) is 33.0 Å². The van der Waals surface area contributed by atoms with Crippen LogP contribution in [0.2, 0.25) is 0 Å². The van der Waals surface area contributed by atoms with E-state index in [4.69, 9.17) is 0 Å². The van der Waals surface area contributed by atoms with Crippen molar-refractivity contribution in [3.8, 4) is 0 Å². The first-order chi connectivity index (χ1) is 13.3. The van der Waals surface area contributed by atoms with Gasteiger partial charge in [0.25, 0.3) is 0 Å². The molecule has 0 bridgehead atoms. The summed E-state index contributed by atoms with van der Waals surface area (Å²) in [4.78, 5) is 8.74. The maximum absolute atomic E-state index is 4.46. The molecule has 0 aliphatic heterocycles. The summed E-state index contributed by atoms with van der Waals surface area (Å²) in [6, 6.07) is 10.4. The van der Waals surface area contributed by atoms with Crippen LogP contribution in [-0.4, -0.2) is 43.9 Å². The molecule has 0 radical (unpaired) electrons. The van der Waals surface area contributed by atoms with Gasteiger partial charge in [-0.1, -0.05) is 37.3 Å². The highest BCUT2D eigenvalue weighted by Crippen LogP contribution is 2.05. The molecule has 0 aliphatic rings. The van der Waals surface area contributed by atoms with Crippen LogP contribution in [0, 0.1) is 0 Å². The Morgan fingerprint density at radius 1 is 1.11 bits per heavy atom. The van der Waals surface area contributed by atoms with Crippen LogP contribution >= 0.6 is 0 Å². The minimum Gasteiger partial charge on any atom is -0.355 e. The summed E-state index contributed by atoms with van der Waals surface area (Å²) in [6.07, 6.45) is 6.46. The molecule has 0 amide bonds.